The number of anilines is 1. The van der Waals surface area contributed by atoms with E-state index in [0.29, 0.717) is 11.9 Å². The second-order valence-corrected chi connectivity index (χ2v) is 4.42. The molecule has 1 fully saturated rings. The average Bonchev–Trinajstić information content (AvgIpc) is 2.59. The molecule has 1 N–H and O–H groups in total. The average molecular weight is 220 g/mol. The van der Waals surface area contributed by atoms with E-state index < -0.39 is 0 Å². The Morgan fingerprint density at radius 3 is 2.50 bits per heavy atom. The van der Waals surface area contributed by atoms with Crippen LogP contribution in [0, 0.1) is 0 Å². The summed E-state index contributed by atoms with van der Waals surface area (Å²) in [7, 11) is 1.64. The Kier molecular flexibility index (Phi) is 4.03. The summed E-state index contributed by atoms with van der Waals surface area (Å²) in [4.78, 5) is 4.20. The maximum Gasteiger partial charge on any atom is 0.213 e. The van der Waals surface area contributed by atoms with Gasteiger partial charge in [0, 0.05) is 12.1 Å². The smallest absolute Gasteiger partial charge is 0.213 e. The largest absolute Gasteiger partial charge is 0.481 e. The lowest BCUT2D eigenvalue weighted by molar-refractivity contribution is 0.398. The molecule has 1 aliphatic carbocycles. The third-order valence-electron chi connectivity index (χ3n) is 3.17. The number of hydrogen-bond acceptors (Lipinski definition) is 3. The molecule has 0 spiro atoms. The van der Waals surface area contributed by atoms with Crippen LogP contribution in [0.15, 0.2) is 18.3 Å². The van der Waals surface area contributed by atoms with Crippen LogP contribution in [0.3, 0.4) is 0 Å². The van der Waals surface area contributed by atoms with Gasteiger partial charge in [0.2, 0.25) is 5.88 Å². The first-order valence-electron chi connectivity index (χ1n) is 6.15. The zero-order valence-electron chi connectivity index (χ0n) is 9.91. The summed E-state index contributed by atoms with van der Waals surface area (Å²) in [6.45, 7) is 0. The van der Waals surface area contributed by atoms with E-state index in [9.17, 15) is 0 Å². The zero-order valence-corrected chi connectivity index (χ0v) is 9.91. The fourth-order valence-electron chi connectivity index (χ4n) is 2.25. The number of aromatic nitrogens is 1. The summed E-state index contributed by atoms with van der Waals surface area (Å²) in [6.07, 6.45) is 9.89. The van der Waals surface area contributed by atoms with Gasteiger partial charge in [-0.3, -0.25) is 0 Å². The Balaban J connectivity index is 1.91. The van der Waals surface area contributed by atoms with E-state index in [-0.39, 0.29) is 0 Å². The second kappa shape index (κ2) is 5.73. The molecule has 3 heteroatoms. The van der Waals surface area contributed by atoms with Gasteiger partial charge in [0.05, 0.1) is 19.0 Å². The molecule has 0 aromatic carbocycles. The van der Waals surface area contributed by atoms with Crippen LogP contribution in [0.25, 0.3) is 0 Å². The van der Waals surface area contributed by atoms with Crippen LogP contribution in [0.5, 0.6) is 5.88 Å². The fourth-order valence-corrected chi connectivity index (χ4v) is 2.25. The molecule has 1 aromatic heterocycles. The van der Waals surface area contributed by atoms with Crippen molar-refractivity contribution in [3.63, 3.8) is 0 Å². The van der Waals surface area contributed by atoms with Crippen molar-refractivity contribution in [1.29, 1.82) is 0 Å². The summed E-state index contributed by atoms with van der Waals surface area (Å²) in [5.41, 5.74) is 1.10. The zero-order chi connectivity index (χ0) is 11.2. The lowest BCUT2D eigenvalue weighted by Gasteiger charge is -2.17. The van der Waals surface area contributed by atoms with Gasteiger partial charge in [-0.25, -0.2) is 4.98 Å². The van der Waals surface area contributed by atoms with E-state index >= 15 is 0 Å². The number of rotatable bonds is 3. The number of hydrogen-bond donors (Lipinski definition) is 1. The molecular weight excluding hydrogens is 200 g/mol. The van der Waals surface area contributed by atoms with Gasteiger partial charge in [-0.05, 0) is 18.9 Å². The lowest BCUT2D eigenvalue weighted by Crippen LogP contribution is -2.18. The Hall–Kier alpha value is -1.25. The first-order valence-corrected chi connectivity index (χ1v) is 6.15. The molecule has 0 unspecified atom stereocenters. The van der Waals surface area contributed by atoms with Gasteiger partial charge in [0.15, 0.2) is 0 Å². The van der Waals surface area contributed by atoms with Crippen LogP contribution in [0.2, 0.25) is 0 Å². The highest BCUT2D eigenvalue weighted by Crippen LogP contribution is 2.21. The van der Waals surface area contributed by atoms with Gasteiger partial charge in [-0.15, -0.1) is 0 Å². The first-order chi connectivity index (χ1) is 7.88. The van der Waals surface area contributed by atoms with Crippen molar-refractivity contribution in [3.8, 4) is 5.88 Å². The van der Waals surface area contributed by atoms with E-state index in [1.54, 1.807) is 7.11 Å². The Morgan fingerprint density at radius 2 is 1.94 bits per heavy atom. The van der Waals surface area contributed by atoms with E-state index in [1.165, 1.54) is 38.5 Å². The molecule has 0 atom stereocenters. The molecule has 3 nitrogen and oxygen atoms in total. The van der Waals surface area contributed by atoms with Crippen molar-refractivity contribution >= 4 is 5.69 Å². The van der Waals surface area contributed by atoms with Gasteiger partial charge in [-0.1, -0.05) is 25.7 Å². The second-order valence-electron chi connectivity index (χ2n) is 4.42. The molecule has 0 saturated heterocycles. The third kappa shape index (κ3) is 3.12. The highest BCUT2D eigenvalue weighted by molar-refractivity contribution is 5.42. The van der Waals surface area contributed by atoms with Crippen LogP contribution >= 0.6 is 0 Å². The minimum Gasteiger partial charge on any atom is -0.481 e. The highest BCUT2D eigenvalue weighted by atomic mass is 16.5. The predicted molar refractivity (Wildman–Crippen MR) is 65.9 cm³/mol. The SMILES string of the molecule is COc1ccc(NC2CCCCCC2)cn1. The summed E-state index contributed by atoms with van der Waals surface area (Å²) in [5.74, 6) is 0.673. The first kappa shape index (κ1) is 11.2. The van der Waals surface area contributed by atoms with Crippen LogP contribution in [0.1, 0.15) is 38.5 Å². The van der Waals surface area contributed by atoms with Crippen molar-refractivity contribution in [2.45, 2.75) is 44.6 Å². The molecule has 0 radical (unpaired) electrons. The highest BCUT2D eigenvalue weighted by Gasteiger charge is 2.11. The van der Waals surface area contributed by atoms with Gasteiger partial charge in [-0.2, -0.15) is 0 Å². The number of pyridine rings is 1. The Morgan fingerprint density at radius 1 is 1.19 bits per heavy atom. The van der Waals surface area contributed by atoms with Crippen molar-refractivity contribution in [1.82, 2.24) is 4.98 Å². The molecule has 16 heavy (non-hydrogen) atoms. The normalized spacial score (nSPS) is 17.8. The minimum atomic E-state index is 0.623. The van der Waals surface area contributed by atoms with Gasteiger partial charge < -0.3 is 10.1 Å². The van der Waals surface area contributed by atoms with E-state index in [1.807, 2.05) is 18.3 Å². The van der Waals surface area contributed by atoms with Crippen molar-refractivity contribution in [3.05, 3.63) is 18.3 Å². The molecule has 0 amide bonds. The standard InChI is InChI=1S/C13H20N2O/c1-16-13-9-8-12(10-14-13)15-11-6-4-2-3-5-7-11/h8-11,15H,2-7H2,1H3. The van der Waals surface area contributed by atoms with E-state index in [0.717, 1.165) is 5.69 Å². The summed E-state index contributed by atoms with van der Waals surface area (Å²) in [6, 6.07) is 4.56. The number of ether oxygens (including phenoxy) is 1. The molecule has 1 aromatic rings. The summed E-state index contributed by atoms with van der Waals surface area (Å²) < 4.78 is 5.04. The molecule has 1 aliphatic rings. The van der Waals surface area contributed by atoms with Gasteiger partial charge in [0.1, 0.15) is 0 Å². The maximum atomic E-state index is 5.04. The minimum absolute atomic E-state index is 0.623. The van der Waals surface area contributed by atoms with Gasteiger partial charge >= 0.3 is 0 Å². The maximum absolute atomic E-state index is 5.04. The van der Waals surface area contributed by atoms with Crippen molar-refractivity contribution in [2.75, 3.05) is 12.4 Å². The van der Waals surface area contributed by atoms with Crippen molar-refractivity contribution in [2.24, 2.45) is 0 Å². The summed E-state index contributed by atoms with van der Waals surface area (Å²) >= 11 is 0. The van der Waals surface area contributed by atoms with Crippen LogP contribution in [-0.2, 0) is 0 Å². The quantitative estimate of drug-likeness (QED) is 0.794. The van der Waals surface area contributed by atoms with Crippen LogP contribution < -0.4 is 10.1 Å². The van der Waals surface area contributed by atoms with Crippen molar-refractivity contribution < 1.29 is 4.74 Å². The molecule has 0 bridgehead atoms. The lowest BCUT2D eigenvalue weighted by atomic mass is 10.1. The number of methoxy groups -OCH3 is 1. The van der Waals surface area contributed by atoms with E-state index in [4.69, 9.17) is 4.74 Å². The Labute approximate surface area is 97.2 Å². The Bertz CT molecular complexity index is 302. The molecule has 2 rings (SSSR count). The van der Waals surface area contributed by atoms with Crippen LogP contribution in [0.4, 0.5) is 5.69 Å². The molecular formula is C13H20N2O. The number of nitrogens with one attached hydrogen (secondary N) is 1. The molecule has 0 aliphatic heterocycles. The number of nitrogens with zero attached hydrogens (tertiary/aromatic N) is 1. The van der Waals surface area contributed by atoms with E-state index in [2.05, 4.69) is 10.3 Å². The summed E-state index contributed by atoms with van der Waals surface area (Å²) in [5, 5.41) is 3.55. The molecule has 88 valence electrons. The molecule has 1 saturated carbocycles. The topological polar surface area (TPSA) is 34.1 Å². The fraction of sp³-hybridized carbons (Fsp3) is 0.615. The van der Waals surface area contributed by atoms with Gasteiger partial charge in [0.25, 0.3) is 0 Å². The molecule has 1 heterocycles. The van der Waals surface area contributed by atoms with Crippen LogP contribution in [-0.4, -0.2) is 18.1 Å². The monoisotopic (exact) mass is 220 g/mol. The third-order valence-corrected chi connectivity index (χ3v) is 3.17. The predicted octanol–water partition coefficient (Wildman–Crippen LogP) is 3.22.